The number of aryl methyl sites for hydroxylation is 2. The van der Waals surface area contributed by atoms with Gasteiger partial charge in [0.25, 0.3) is 5.91 Å². The van der Waals surface area contributed by atoms with E-state index in [4.69, 9.17) is 0 Å². The van der Waals surface area contributed by atoms with Crippen LogP contribution in [-0.2, 0) is 7.05 Å². The maximum absolute atomic E-state index is 12.1. The van der Waals surface area contributed by atoms with Crippen LogP contribution in [0.15, 0.2) is 18.6 Å². The Morgan fingerprint density at radius 2 is 2.16 bits per heavy atom. The Hall–Kier alpha value is -2.11. The van der Waals surface area contributed by atoms with E-state index in [1.54, 1.807) is 12.4 Å². The van der Waals surface area contributed by atoms with Crippen molar-refractivity contribution in [3.05, 3.63) is 35.9 Å². The van der Waals surface area contributed by atoms with Crippen LogP contribution in [0.2, 0.25) is 0 Å². The normalized spacial score (nSPS) is 12.7. The van der Waals surface area contributed by atoms with Crippen LogP contribution in [0.1, 0.15) is 42.0 Å². The zero-order valence-electron chi connectivity index (χ0n) is 11.6. The summed E-state index contributed by atoms with van der Waals surface area (Å²) in [5.74, 6) is 1.19. The molecule has 6 heteroatoms. The third-order valence-electron chi connectivity index (χ3n) is 3.01. The Morgan fingerprint density at radius 3 is 2.63 bits per heavy atom. The molecule has 102 valence electrons. The van der Waals surface area contributed by atoms with Gasteiger partial charge in [-0.25, -0.2) is 9.97 Å². The highest BCUT2D eigenvalue weighted by molar-refractivity contribution is 5.90. The highest BCUT2D eigenvalue weighted by Crippen LogP contribution is 2.19. The van der Waals surface area contributed by atoms with Gasteiger partial charge in [-0.05, 0) is 12.8 Å². The average molecular weight is 261 g/mol. The highest BCUT2D eigenvalue weighted by Gasteiger charge is 2.23. The summed E-state index contributed by atoms with van der Waals surface area (Å²) in [6.45, 7) is 5.96. The number of aromatic nitrogens is 4. The van der Waals surface area contributed by atoms with E-state index in [0.717, 1.165) is 11.5 Å². The third-order valence-corrected chi connectivity index (χ3v) is 3.01. The molecule has 19 heavy (non-hydrogen) atoms. The number of imidazole rings is 2. The summed E-state index contributed by atoms with van der Waals surface area (Å²) in [6, 6.07) is -0.141. The van der Waals surface area contributed by atoms with Crippen molar-refractivity contribution in [1.29, 1.82) is 0 Å². The molecule has 0 radical (unpaired) electrons. The quantitative estimate of drug-likeness (QED) is 0.877. The van der Waals surface area contributed by atoms with E-state index in [1.807, 2.05) is 38.6 Å². The van der Waals surface area contributed by atoms with Crippen molar-refractivity contribution >= 4 is 5.91 Å². The number of rotatable bonds is 4. The molecule has 0 fully saturated rings. The van der Waals surface area contributed by atoms with E-state index >= 15 is 0 Å². The number of H-pyrrole nitrogens is 1. The molecule has 0 saturated heterocycles. The highest BCUT2D eigenvalue weighted by atomic mass is 16.2. The zero-order chi connectivity index (χ0) is 14.0. The Kier molecular flexibility index (Phi) is 3.69. The molecule has 0 aliphatic heterocycles. The summed E-state index contributed by atoms with van der Waals surface area (Å²) >= 11 is 0. The van der Waals surface area contributed by atoms with Crippen molar-refractivity contribution in [3.63, 3.8) is 0 Å². The lowest BCUT2D eigenvalue weighted by Gasteiger charge is -2.21. The summed E-state index contributed by atoms with van der Waals surface area (Å²) in [5, 5.41) is 2.97. The molecule has 0 unspecified atom stereocenters. The van der Waals surface area contributed by atoms with Crippen LogP contribution in [0.4, 0.5) is 0 Å². The van der Waals surface area contributed by atoms with Gasteiger partial charge in [-0.2, -0.15) is 0 Å². The summed E-state index contributed by atoms with van der Waals surface area (Å²) in [4.78, 5) is 23.4. The molecule has 2 N–H and O–H groups in total. The van der Waals surface area contributed by atoms with Crippen LogP contribution in [0.3, 0.4) is 0 Å². The van der Waals surface area contributed by atoms with Gasteiger partial charge in [0.05, 0.1) is 6.04 Å². The van der Waals surface area contributed by atoms with Crippen molar-refractivity contribution in [3.8, 4) is 0 Å². The second-order valence-corrected chi connectivity index (χ2v) is 5.01. The first-order chi connectivity index (χ1) is 8.99. The first kappa shape index (κ1) is 13.3. The van der Waals surface area contributed by atoms with Gasteiger partial charge in [0.2, 0.25) is 0 Å². The number of hydrogen-bond acceptors (Lipinski definition) is 3. The fraction of sp³-hybridized carbons (Fsp3) is 0.462. The second-order valence-electron chi connectivity index (χ2n) is 5.01. The first-order valence-electron chi connectivity index (χ1n) is 6.28. The number of nitrogens with one attached hydrogen (secondary N) is 2. The molecule has 0 aromatic carbocycles. The van der Waals surface area contributed by atoms with Crippen molar-refractivity contribution in [2.24, 2.45) is 13.0 Å². The molecule has 2 aromatic heterocycles. The molecule has 6 nitrogen and oxygen atoms in total. The lowest BCUT2D eigenvalue weighted by Crippen LogP contribution is -2.34. The number of aromatic amines is 1. The lowest BCUT2D eigenvalue weighted by atomic mass is 10.0. The second kappa shape index (κ2) is 5.26. The van der Waals surface area contributed by atoms with Gasteiger partial charge in [0.1, 0.15) is 5.82 Å². The number of hydrogen-bond donors (Lipinski definition) is 2. The molecule has 1 atom stereocenters. The van der Waals surface area contributed by atoms with E-state index in [2.05, 4.69) is 20.3 Å². The number of carbonyl (C=O) groups excluding carboxylic acids is 1. The van der Waals surface area contributed by atoms with Crippen molar-refractivity contribution < 1.29 is 4.79 Å². The summed E-state index contributed by atoms with van der Waals surface area (Å²) in [5.41, 5.74) is 0.864. The fourth-order valence-electron chi connectivity index (χ4n) is 1.94. The van der Waals surface area contributed by atoms with Gasteiger partial charge in [0.15, 0.2) is 5.82 Å². The van der Waals surface area contributed by atoms with Crippen LogP contribution in [0.25, 0.3) is 0 Å². The molecule has 1 amide bonds. The molecule has 2 heterocycles. The average Bonchev–Trinajstić information content (AvgIpc) is 2.94. The lowest BCUT2D eigenvalue weighted by molar-refractivity contribution is 0.0912. The summed E-state index contributed by atoms with van der Waals surface area (Å²) in [7, 11) is 1.92. The van der Waals surface area contributed by atoms with Crippen LogP contribution in [0, 0.1) is 12.8 Å². The monoisotopic (exact) mass is 261 g/mol. The first-order valence-corrected chi connectivity index (χ1v) is 6.28. The minimum atomic E-state index is -0.213. The molecule has 0 spiro atoms. The van der Waals surface area contributed by atoms with Crippen LogP contribution in [0.5, 0.6) is 0 Å². The standard InChI is InChI=1S/C13H19N5O/c1-8(2)10(12-14-5-6-18(12)4)17-13(19)11-15-7-9(3)16-11/h5-8,10H,1-4H3,(H,15,16)(H,17,19)/t10-/m1/s1. The van der Waals surface area contributed by atoms with Gasteiger partial charge in [-0.3, -0.25) is 4.79 Å². The largest absolute Gasteiger partial charge is 0.339 e. The van der Waals surface area contributed by atoms with E-state index in [1.165, 1.54) is 0 Å². The van der Waals surface area contributed by atoms with Crippen molar-refractivity contribution in [2.45, 2.75) is 26.8 Å². The number of nitrogens with zero attached hydrogens (tertiary/aromatic N) is 3. The Balaban J connectivity index is 2.18. The molecular formula is C13H19N5O. The van der Waals surface area contributed by atoms with E-state index in [0.29, 0.717) is 5.82 Å². The SMILES string of the molecule is Cc1cnc(C(=O)N[C@@H](c2nccn2C)C(C)C)[nH]1. The van der Waals surface area contributed by atoms with Crippen LogP contribution in [-0.4, -0.2) is 25.4 Å². The smallest absolute Gasteiger partial charge is 0.287 e. The van der Waals surface area contributed by atoms with Gasteiger partial charge >= 0.3 is 0 Å². The molecule has 2 rings (SSSR count). The van der Waals surface area contributed by atoms with Crippen LogP contribution >= 0.6 is 0 Å². The molecule has 0 bridgehead atoms. The number of carbonyl (C=O) groups is 1. The predicted octanol–water partition coefficient (Wildman–Crippen LogP) is 1.58. The maximum Gasteiger partial charge on any atom is 0.287 e. The molecule has 2 aromatic rings. The number of amides is 1. The molecule has 0 aliphatic carbocycles. The summed E-state index contributed by atoms with van der Waals surface area (Å²) in [6.07, 6.45) is 5.24. The summed E-state index contributed by atoms with van der Waals surface area (Å²) < 4.78 is 1.92. The van der Waals surface area contributed by atoms with Crippen molar-refractivity contribution in [2.75, 3.05) is 0 Å². The Labute approximate surface area is 112 Å². The Morgan fingerprint density at radius 1 is 1.42 bits per heavy atom. The third kappa shape index (κ3) is 2.83. The van der Waals surface area contributed by atoms with Crippen molar-refractivity contribution in [1.82, 2.24) is 24.8 Å². The Bertz CT molecular complexity index is 569. The zero-order valence-corrected chi connectivity index (χ0v) is 11.6. The van der Waals surface area contributed by atoms with E-state index < -0.39 is 0 Å². The molecule has 0 saturated carbocycles. The topological polar surface area (TPSA) is 75.6 Å². The van der Waals surface area contributed by atoms with E-state index in [9.17, 15) is 4.79 Å². The minimum Gasteiger partial charge on any atom is -0.339 e. The van der Waals surface area contributed by atoms with Gasteiger partial charge < -0.3 is 14.9 Å². The van der Waals surface area contributed by atoms with Crippen LogP contribution < -0.4 is 5.32 Å². The molecular weight excluding hydrogens is 242 g/mol. The fourth-order valence-corrected chi connectivity index (χ4v) is 1.94. The van der Waals surface area contributed by atoms with Gasteiger partial charge in [-0.15, -0.1) is 0 Å². The predicted molar refractivity (Wildman–Crippen MR) is 71.6 cm³/mol. The van der Waals surface area contributed by atoms with Gasteiger partial charge in [0, 0.05) is 31.3 Å². The van der Waals surface area contributed by atoms with Gasteiger partial charge in [-0.1, -0.05) is 13.8 Å². The maximum atomic E-state index is 12.1. The van der Waals surface area contributed by atoms with E-state index in [-0.39, 0.29) is 17.9 Å². The minimum absolute atomic E-state index is 0.141. The molecule has 0 aliphatic rings.